The van der Waals surface area contributed by atoms with Crippen LogP contribution in [0, 0.1) is 0 Å². The minimum atomic E-state index is -0.594. The van der Waals surface area contributed by atoms with Crippen LogP contribution in [0.4, 0.5) is 0 Å². The molecular weight excluding hydrogens is 222 g/mol. The largest absolute Gasteiger partial charge is 0.467 e. The Labute approximate surface area is 97.4 Å². The standard InChI is InChI=1S/C10H11N5O2/c1-7(10(16)17-2)15-13-9(12-14-15)8-3-5-11-6-4-8/h3-7H,1-2H3. The zero-order chi connectivity index (χ0) is 12.3. The van der Waals surface area contributed by atoms with Crippen LogP contribution in [0.2, 0.25) is 0 Å². The Morgan fingerprint density at radius 2 is 2.12 bits per heavy atom. The van der Waals surface area contributed by atoms with Crippen LogP contribution in [0.5, 0.6) is 0 Å². The van der Waals surface area contributed by atoms with E-state index in [0.717, 1.165) is 5.56 Å². The highest BCUT2D eigenvalue weighted by Crippen LogP contribution is 2.12. The molecule has 0 aliphatic rings. The number of carbonyl (C=O) groups is 1. The summed E-state index contributed by atoms with van der Waals surface area (Å²) in [6.45, 7) is 1.64. The summed E-state index contributed by atoms with van der Waals surface area (Å²) in [6, 6.07) is 2.94. The van der Waals surface area contributed by atoms with E-state index in [1.54, 1.807) is 31.5 Å². The fraction of sp³-hybridized carbons (Fsp3) is 0.300. The lowest BCUT2D eigenvalue weighted by molar-refractivity contribution is -0.144. The number of pyridine rings is 1. The number of tetrazole rings is 1. The molecule has 2 heterocycles. The van der Waals surface area contributed by atoms with Gasteiger partial charge in [-0.3, -0.25) is 4.98 Å². The maximum Gasteiger partial charge on any atom is 0.332 e. The lowest BCUT2D eigenvalue weighted by Crippen LogP contribution is -2.20. The van der Waals surface area contributed by atoms with Crippen molar-refractivity contribution in [2.45, 2.75) is 13.0 Å². The van der Waals surface area contributed by atoms with Crippen molar-refractivity contribution in [2.75, 3.05) is 7.11 Å². The van der Waals surface area contributed by atoms with Crippen LogP contribution in [-0.2, 0) is 9.53 Å². The van der Waals surface area contributed by atoms with Gasteiger partial charge < -0.3 is 4.74 Å². The quantitative estimate of drug-likeness (QED) is 0.716. The van der Waals surface area contributed by atoms with Gasteiger partial charge in [-0.15, -0.1) is 15.0 Å². The molecule has 7 nitrogen and oxygen atoms in total. The van der Waals surface area contributed by atoms with Crippen LogP contribution < -0.4 is 0 Å². The molecule has 0 aromatic carbocycles. The van der Waals surface area contributed by atoms with Crippen molar-refractivity contribution in [1.29, 1.82) is 0 Å². The number of rotatable bonds is 3. The summed E-state index contributed by atoms with van der Waals surface area (Å²) in [5.74, 6) is 0.0341. The highest BCUT2D eigenvalue weighted by molar-refractivity contribution is 5.73. The summed E-state index contributed by atoms with van der Waals surface area (Å²) in [7, 11) is 1.32. The molecule has 0 saturated heterocycles. The van der Waals surface area contributed by atoms with Gasteiger partial charge in [-0.2, -0.15) is 0 Å². The third-order valence-electron chi connectivity index (χ3n) is 2.26. The predicted molar refractivity (Wildman–Crippen MR) is 57.8 cm³/mol. The van der Waals surface area contributed by atoms with E-state index >= 15 is 0 Å². The molecule has 0 spiro atoms. The molecule has 0 aliphatic heterocycles. The van der Waals surface area contributed by atoms with E-state index in [1.165, 1.54) is 11.9 Å². The number of hydrogen-bond donors (Lipinski definition) is 0. The zero-order valence-corrected chi connectivity index (χ0v) is 9.44. The molecule has 0 aliphatic carbocycles. The van der Waals surface area contributed by atoms with Gasteiger partial charge in [-0.25, -0.2) is 4.79 Å². The molecule has 0 fully saturated rings. The van der Waals surface area contributed by atoms with Gasteiger partial charge in [0.1, 0.15) is 0 Å². The highest BCUT2D eigenvalue weighted by Gasteiger charge is 2.18. The molecule has 1 unspecified atom stereocenters. The van der Waals surface area contributed by atoms with Gasteiger partial charge >= 0.3 is 5.97 Å². The molecule has 0 bridgehead atoms. The first-order chi connectivity index (χ1) is 8.22. The van der Waals surface area contributed by atoms with E-state index in [2.05, 4.69) is 25.1 Å². The minimum Gasteiger partial charge on any atom is -0.467 e. The van der Waals surface area contributed by atoms with Crippen LogP contribution in [0.25, 0.3) is 11.4 Å². The molecule has 2 rings (SSSR count). The van der Waals surface area contributed by atoms with Gasteiger partial charge in [-0.1, -0.05) is 0 Å². The van der Waals surface area contributed by atoms with E-state index < -0.39 is 12.0 Å². The van der Waals surface area contributed by atoms with E-state index in [1.807, 2.05) is 0 Å². The summed E-state index contributed by atoms with van der Waals surface area (Å²) in [5, 5.41) is 11.8. The van der Waals surface area contributed by atoms with Crippen molar-refractivity contribution in [3.63, 3.8) is 0 Å². The highest BCUT2D eigenvalue weighted by atomic mass is 16.5. The van der Waals surface area contributed by atoms with Gasteiger partial charge in [-0.05, 0) is 24.3 Å². The molecule has 0 radical (unpaired) electrons. The average molecular weight is 233 g/mol. The molecule has 2 aromatic heterocycles. The third kappa shape index (κ3) is 2.27. The molecule has 2 aromatic rings. The first kappa shape index (κ1) is 11.2. The second-order valence-electron chi connectivity index (χ2n) is 3.37. The molecule has 7 heteroatoms. The lowest BCUT2D eigenvalue weighted by Gasteiger charge is -2.05. The lowest BCUT2D eigenvalue weighted by atomic mass is 10.3. The monoisotopic (exact) mass is 233 g/mol. The fourth-order valence-corrected chi connectivity index (χ4v) is 1.27. The normalized spacial score (nSPS) is 12.1. The van der Waals surface area contributed by atoms with Crippen LogP contribution in [0.15, 0.2) is 24.5 Å². The molecule has 0 N–H and O–H groups in total. The molecule has 0 saturated carbocycles. The topological polar surface area (TPSA) is 82.8 Å². The van der Waals surface area contributed by atoms with Crippen LogP contribution in [0.3, 0.4) is 0 Å². The van der Waals surface area contributed by atoms with E-state index in [9.17, 15) is 4.79 Å². The second kappa shape index (κ2) is 4.69. The molecule has 1 atom stereocenters. The van der Waals surface area contributed by atoms with E-state index in [4.69, 9.17) is 0 Å². The maximum atomic E-state index is 11.3. The number of carbonyl (C=O) groups excluding carboxylic acids is 1. The van der Waals surface area contributed by atoms with E-state index in [-0.39, 0.29) is 0 Å². The number of nitrogens with zero attached hydrogens (tertiary/aromatic N) is 5. The maximum absolute atomic E-state index is 11.3. The number of ether oxygens (including phenoxy) is 1. The summed E-state index contributed by atoms with van der Waals surface area (Å²) in [4.78, 5) is 16.4. The van der Waals surface area contributed by atoms with Gasteiger partial charge in [0.15, 0.2) is 6.04 Å². The van der Waals surface area contributed by atoms with Crippen LogP contribution >= 0.6 is 0 Å². The van der Waals surface area contributed by atoms with E-state index in [0.29, 0.717) is 5.82 Å². The van der Waals surface area contributed by atoms with Crippen molar-refractivity contribution in [3.05, 3.63) is 24.5 Å². The summed E-state index contributed by atoms with van der Waals surface area (Å²) < 4.78 is 4.60. The zero-order valence-electron chi connectivity index (χ0n) is 9.44. The number of aromatic nitrogens is 5. The molecule has 88 valence electrons. The van der Waals surface area contributed by atoms with Gasteiger partial charge in [0, 0.05) is 18.0 Å². The smallest absolute Gasteiger partial charge is 0.332 e. The number of esters is 1. The Bertz CT molecular complexity index is 510. The summed E-state index contributed by atoms with van der Waals surface area (Å²) in [6.07, 6.45) is 3.28. The molecular formula is C10H11N5O2. The Morgan fingerprint density at radius 1 is 1.41 bits per heavy atom. The Kier molecular flexibility index (Phi) is 3.08. The summed E-state index contributed by atoms with van der Waals surface area (Å²) in [5.41, 5.74) is 0.795. The van der Waals surface area contributed by atoms with Gasteiger partial charge in [0.2, 0.25) is 5.82 Å². The van der Waals surface area contributed by atoms with Gasteiger partial charge in [0.25, 0.3) is 0 Å². The number of hydrogen-bond acceptors (Lipinski definition) is 6. The molecule has 0 amide bonds. The first-order valence-electron chi connectivity index (χ1n) is 5.00. The Morgan fingerprint density at radius 3 is 2.76 bits per heavy atom. The van der Waals surface area contributed by atoms with Crippen molar-refractivity contribution >= 4 is 5.97 Å². The fourth-order valence-electron chi connectivity index (χ4n) is 1.27. The Balaban J connectivity index is 2.25. The second-order valence-corrected chi connectivity index (χ2v) is 3.37. The predicted octanol–water partition coefficient (Wildman–Crippen LogP) is 0.469. The summed E-state index contributed by atoms with van der Waals surface area (Å²) >= 11 is 0. The van der Waals surface area contributed by atoms with Crippen LogP contribution in [0.1, 0.15) is 13.0 Å². The average Bonchev–Trinajstić information content (AvgIpc) is 2.87. The van der Waals surface area contributed by atoms with Gasteiger partial charge in [0.05, 0.1) is 7.11 Å². The van der Waals surface area contributed by atoms with Crippen molar-refractivity contribution in [3.8, 4) is 11.4 Å². The minimum absolute atomic E-state index is 0.413. The third-order valence-corrected chi connectivity index (χ3v) is 2.26. The number of methoxy groups -OCH3 is 1. The Hall–Kier alpha value is -2.31. The van der Waals surface area contributed by atoms with Crippen molar-refractivity contribution in [1.82, 2.24) is 25.2 Å². The first-order valence-corrected chi connectivity index (χ1v) is 5.00. The SMILES string of the molecule is COC(=O)C(C)n1nnc(-c2ccncc2)n1. The van der Waals surface area contributed by atoms with Crippen molar-refractivity contribution < 1.29 is 9.53 Å². The van der Waals surface area contributed by atoms with Crippen LogP contribution in [-0.4, -0.2) is 38.3 Å². The molecule has 17 heavy (non-hydrogen) atoms. The van der Waals surface area contributed by atoms with Crippen molar-refractivity contribution in [2.24, 2.45) is 0 Å².